The van der Waals surface area contributed by atoms with E-state index < -0.39 is 23.6 Å². The second-order valence-electron chi connectivity index (χ2n) is 12.6. The lowest BCUT2D eigenvalue weighted by molar-refractivity contribution is -0.142. The molecule has 2 bridgehead atoms. The van der Waals surface area contributed by atoms with Crippen LogP contribution in [0.1, 0.15) is 85.7 Å². The van der Waals surface area contributed by atoms with Gasteiger partial charge < -0.3 is 9.84 Å². The van der Waals surface area contributed by atoms with E-state index in [1.807, 2.05) is 20.8 Å². The predicted molar refractivity (Wildman–Crippen MR) is 143 cm³/mol. The summed E-state index contributed by atoms with van der Waals surface area (Å²) in [5.74, 6) is 0.965. The summed E-state index contributed by atoms with van der Waals surface area (Å²) in [7, 11) is 0. The molecule has 6 rings (SSSR count). The van der Waals surface area contributed by atoms with Crippen LogP contribution in [-0.4, -0.2) is 34.7 Å². The number of piperidine rings is 1. The molecule has 4 nitrogen and oxygen atoms in total. The molecule has 2 aliphatic heterocycles. The number of nitrogens with zero attached hydrogens (tertiary/aromatic N) is 1. The summed E-state index contributed by atoms with van der Waals surface area (Å²) >= 11 is 0. The van der Waals surface area contributed by atoms with Gasteiger partial charge in [0.25, 0.3) is 0 Å². The highest BCUT2D eigenvalue weighted by atomic mass is 19.4. The van der Waals surface area contributed by atoms with Gasteiger partial charge >= 0.3 is 12.1 Å². The van der Waals surface area contributed by atoms with Crippen molar-refractivity contribution in [3.05, 3.63) is 64.2 Å². The number of fused-ring (bicyclic) bond motifs is 3. The molecule has 2 aromatic carbocycles. The summed E-state index contributed by atoms with van der Waals surface area (Å²) in [6, 6.07) is 10.8. The van der Waals surface area contributed by atoms with Crippen LogP contribution in [0.4, 0.5) is 13.2 Å². The number of hydrogen-bond donors (Lipinski definition) is 1. The van der Waals surface area contributed by atoms with Gasteiger partial charge in [0.2, 0.25) is 0 Å². The molecule has 0 radical (unpaired) electrons. The minimum Gasteiger partial charge on any atom is -0.490 e. The van der Waals surface area contributed by atoms with Gasteiger partial charge in [-0.3, -0.25) is 9.69 Å². The van der Waals surface area contributed by atoms with E-state index in [0.29, 0.717) is 23.3 Å². The molecule has 210 valence electrons. The first-order valence-electron chi connectivity index (χ1n) is 14.5. The van der Waals surface area contributed by atoms with Gasteiger partial charge in [0.1, 0.15) is 11.9 Å². The van der Waals surface area contributed by atoms with Crippen molar-refractivity contribution >= 4 is 5.97 Å². The van der Waals surface area contributed by atoms with Crippen LogP contribution in [0, 0.1) is 30.6 Å². The third-order valence-corrected chi connectivity index (χ3v) is 10.1. The Morgan fingerprint density at radius 1 is 1.08 bits per heavy atom. The van der Waals surface area contributed by atoms with Gasteiger partial charge in [-0.25, -0.2) is 0 Å². The molecule has 2 saturated carbocycles. The number of halogens is 3. The van der Waals surface area contributed by atoms with Gasteiger partial charge in [-0.15, -0.1) is 0 Å². The van der Waals surface area contributed by atoms with E-state index in [1.54, 1.807) is 12.1 Å². The van der Waals surface area contributed by atoms with Crippen LogP contribution < -0.4 is 4.74 Å². The zero-order chi connectivity index (χ0) is 27.6. The number of rotatable bonds is 7. The maximum Gasteiger partial charge on any atom is 0.416 e. The monoisotopic (exact) mass is 541 g/mol. The van der Waals surface area contributed by atoms with E-state index in [4.69, 9.17) is 4.74 Å². The number of alkyl halides is 3. The molecule has 7 heteroatoms. The highest BCUT2D eigenvalue weighted by Crippen LogP contribution is 2.51. The van der Waals surface area contributed by atoms with E-state index in [9.17, 15) is 23.1 Å². The molecule has 4 unspecified atom stereocenters. The summed E-state index contributed by atoms with van der Waals surface area (Å²) in [4.78, 5) is 14.1. The maximum absolute atomic E-state index is 13.8. The number of ether oxygens (including phenoxy) is 1. The number of likely N-dealkylation sites (tertiary alicyclic amines) is 1. The molecule has 1 N–H and O–H groups in total. The lowest BCUT2D eigenvalue weighted by Crippen LogP contribution is -2.43. The van der Waals surface area contributed by atoms with E-state index in [0.717, 1.165) is 61.9 Å². The molecule has 2 aromatic rings. The van der Waals surface area contributed by atoms with Crippen molar-refractivity contribution in [2.75, 3.05) is 6.54 Å². The van der Waals surface area contributed by atoms with Crippen molar-refractivity contribution in [2.45, 2.75) is 89.6 Å². The molecule has 1 saturated heterocycles. The highest BCUT2D eigenvalue weighted by Gasteiger charge is 2.50. The summed E-state index contributed by atoms with van der Waals surface area (Å²) in [5, 5.41) is 9.69. The Labute approximate surface area is 228 Å². The fraction of sp³-hybridized carbons (Fsp3) is 0.594. The average Bonchev–Trinajstić information content (AvgIpc) is 3.51. The summed E-state index contributed by atoms with van der Waals surface area (Å²) in [6.07, 6.45) is 1.74. The Balaban J connectivity index is 1.16. The maximum atomic E-state index is 13.8. The topological polar surface area (TPSA) is 49.8 Å². The molecule has 2 aliphatic carbocycles. The zero-order valence-electron chi connectivity index (χ0n) is 22.9. The Kier molecular flexibility index (Phi) is 6.72. The standard InChI is InChI=1S/C32H38F3NO3/c1-17-4-10-27(32(33,34)35)25(12-17)19(3)36-16-23-13-24(36)15-26(23)28-11-9-20-5-8-22(14-29(20)39-28)30(21-6-7-21)18(2)31(37)38/h4-5,8,10,12,14,18-19,21,23-24,26,28,30H,6-7,9,11,13,15-16H2,1-3H3,(H,37,38)/t18-,19-,23?,24?,26?,28?,30-/m0/s1. The molecular formula is C32H38F3NO3. The fourth-order valence-electron chi connectivity index (χ4n) is 7.92. The van der Waals surface area contributed by atoms with Crippen molar-refractivity contribution in [1.82, 2.24) is 4.90 Å². The van der Waals surface area contributed by atoms with Crippen molar-refractivity contribution in [2.24, 2.45) is 23.7 Å². The van der Waals surface area contributed by atoms with E-state index >= 15 is 0 Å². The SMILES string of the molecule is Cc1ccc(C(F)(F)F)c([C@H](C)N2CC3CC2CC3C2CCc3ccc([C@H](C4CC4)[C@H](C)C(=O)O)cc3O2)c1. The lowest BCUT2D eigenvalue weighted by Gasteiger charge is -2.40. The Morgan fingerprint density at radius 2 is 1.85 bits per heavy atom. The molecule has 0 amide bonds. The van der Waals surface area contributed by atoms with Crippen LogP contribution in [0.5, 0.6) is 5.75 Å². The predicted octanol–water partition coefficient (Wildman–Crippen LogP) is 7.39. The second-order valence-corrected chi connectivity index (χ2v) is 12.6. The van der Waals surface area contributed by atoms with Crippen molar-refractivity contribution in [3.8, 4) is 5.75 Å². The van der Waals surface area contributed by atoms with E-state index in [1.165, 1.54) is 11.6 Å². The zero-order valence-corrected chi connectivity index (χ0v) is 22.9. The summed E-state index contributed by atoms with van der Waals surface area (Å²) in [6.45, 7) is 6.38. The first-order chi connectivity index (χ1) is 18.5. The number of carboxylic acid groups (broad SMARTS) is 1. The largest absolute Gasteiger partial charge is 0.490 e. The Bertz CT molecular complexity index is 1260. The normalized spacial score (nSPS) is 29.0. The Hall–Kier alpha value is -2.54. The average molecular weight is 542 g/mol. The molecule has 4 aliphatic rings. The van der Waals surface area contributed by atoms with Crippen LogP contribution in [-0.2, 0) is 17.4 Å². The highest BCUT2D eigenvalue weighted by molar-refractivity contribution is 5.71. The number of carboxylic acids is 1. The second kappa shape index (κ2) is 9.83. The van der Waals surface area contributed by atoms with Gasteiger partial charge in [-0.2, -0.15) is 13.2 Å². The number of aryl methyl sites for hydroxylation is 2. The number of carbonyl (C=O) groups is 1. The van der Waals surface area contributed by atoms with Crippen LogP contribution in [0.2, 0.25) is 0 Å². The van der Waals surface area contributed by atoms with Crippen LogP contribution in [0.25, 0.3) is 0 Å². The molecule has 39 heavy (non-hydrogen) atoms. The molecule has 7 atom stereocenters. The third kappa shape index (κ3) is 4.96. The number of benzene rings is 2. The molecular weight excluding hydrogens is 503 g/mol. The van der Waals surface area contributed by atoms with Gasteiger partial charge in [-0.05, 0) is 98.9 Å². The van der Waals surface area contributed by atoms with Crippen LogP contribution >= 0.6 is 0 Å². The quantitative estimate of drug-likeness (QED) is 0.397. The Morgan fingerprint density at radius 3 is 2.49 bits per heavy atom. The first-order valence-corrected chi connectivity index (χ1v) is 14.5. The smallest absolute Gasteiger partial charge is 0.416 e. The van der Waals surface area contributed by atoms with Crippen LogP contribution in [0.15, 0.2) is 36.4 Å². The summed E-state index contributed by atoms with van der Waals surface area (Å²) in [5.41, 5.74) is 2.96. The number of aliphatic carboxylic acids is 1. The van der Waals surface area contributed by atoms with Crippen molar-refractivity contribution in [1.29, 1.82) is 0 Å². The fourth-order valence-corrected chi connectivity index (χ4v) is 7.92. The van der Waals surface area contributed by atoms with Crippen LogP contribution in [0.3, 0.4) is 0 Å². The molecule has 2 heterocycles. The van der Waals surface area contributed by atoms with Gasteiger partial charge in [-0.1, -0.05) is 36.8 Å². The van der Waals surface area contributed by atoms with Crippen molar-refractivity contribution in [3.63, 3.8) is 0 Å². The third-order valence-electron chi connectivity index (χ3n) is 10.1. The number of hydrogen-bond acceptors (Lipinski definition) is 3. The van der Waals surface area contributed by atoms with Gasteiger partial charge in [0.05, 0.1) is 11.5 Å². The lowest BCUT2D eigenvalue weighted by atomic mass is 9.81. The van der Waals surface area contributed by atoms with E-state index in [2.05, 4.69) is 23.1 Å². The van der Waals surface area contributed by atoms with E-state index in [-0.39, 0.29) is 24.1 Å². The van der Waals surface area contributed by atoms with Gasteiger partial charge in [0.15, 0.2) is 0 Å². The molecule has 0 spiro atoms. The first kappa shape index (κ1) is 26.7. The molecule has 3 fully saturated rings. The minimum atomic E-state index is -4.36. The summed E-state index contributed by atoms with van der Waals surface area (Å²) < 4.78 is 48.0. The van der Waals surface area contributed by atoms with Gasteiger partial charge in [0, 0.05) is 24.5 Å². The van der Waals surface area contributed by atoms with Crippen molar-refractivity contribution < 1.29 is 27.8 Å². The molecule has 0 aromatic heterocycles. The minimum absolute atomic E-state index is 0.0116.